The van der Waals surface area contributed by atoms with Gasteiger partial charge < -0.3 is 14.8 Å². The fraction of sp³-hybridized carbons (Fsp3) is 0.533. The molecule has 0 spiro atoms. The van der Waals surface area contributed by atoms with Crippen molar-refractivity contribution in [2.24, 2.45) is 0 Å². The summed E-state index contributed by atoms with van der Waals surface area (Å²) < 4.78 is 10.7. The van der Waals surface area contributed by atoms with Gasteiger partial charge in [-0.25, -0.2) is 4.79 Å². The molecule has 2 rings (SSSR count). The summed E-state index contributed by atoms with van der Waals surface area (Å²) >= 11 is 0. The minimum atomic E-state index is -0.429. The number of carbonyl (C=O) groups is 1. The maximum Gasteiger partial charge on any atom is 0.412 e. The molecule has 1 saturated carbocycles. The Bertz CT molecular complexity index is 450. The van der Waals surface area contributed by atoms with Gasteiger partial charge in [-0.05, 0) is 38.4 Å². The van der Waals surface area contributed by atoms with Crippen LogP contribution < -0.4 is 15.4 Å². The van der Waals surface area contributed by atoms with E-state index < -0.39 is 6.09 Å². The van der Waals surface area contributed by atoms with Crippen LogP contribution in [0.2, 0.25) is 0 Å². The average molecular weight is 278 g/mol. The molecule has 5 heteroatoms. The summed E-state index contributed by atoms with van der Waals surface area (Å²) in [5.41, 5.74) is 0.622. The lowest BCUT2D eigenvalue weighted by molar-refractivity contribution is 0.0640. The molecule has 0 bridgehead atoms. The zero-order valence-electron chi connectivity index (χ0n) is 12.0. The largest absolute Gasteiger partial charge is 0.495 e. The van der Waals surface area contributed by atoms with Gasteiger partial charge in [-0.1, -0.05) is 18.6 Å². The van der Waals surface area contributed by atoms with E-state index in [4.69, 9.17) is 9.47 Å². The van der Waals surface area contributed by atoms with E-state index >= 15 is 0 Å². The Hall–Kier alpha value is -1.75. The van der Waals surface area contributed by atoms with Crippen LogP contribution in [-0.4, -0.2) is 32.4 Å². The molecule has 0 aromatic heterocycles. The Balaban J connectivity index is 1.94. The number of amides is 1. The molecule has 1 aromatic rings. The summed E-state index contributed by atoms with van der Waals surface area (Å²) in [6.45, 7) is 0. The molecule has 1 amide bonds. The van der Waals surface area contributed by atoms with Gasteiger partial charge in [0.1, 0.15) is 11.9 Å². The molecular formula is C15H22N2O3. The first-order chi connectivity index (χ1) is 9.74. The highest BCUT2D eigenvalue weighted by atomic mass is 16.6. The van der Waals surface area contributed by atoms with E-state index in [1.165, 1.54) is 6.42 Å². The van der Waals surface area contributed by atoms with Gasteiger partial charge in [-0.15, -0.1) is 0 Å². The number of likely N-dealkylation sites (N-methyl/N-ethyl adjacent to an activating group) is 1. The minimum Gasteiger partial charge on any atom is -0.495 e. The number of methoxy groups -OCH3 is 1. The number of nitrogens with one attached hydrogen (secondary N) is 2. The van der Waals surface area contributed by atoms with Gasteiger partial charge in [0, 0.05) is 6.04 Å². The highest BCUT2D eigenvalue weighted by Crippen LogP contribution is 2.25. The molecule has 2 unspecified atom stereocenters. The standard InChI is InChI=1S/C15H22N2O3/c1-16-11-7-3-6-10-14(11)20-15(18)17-12-8-4-5-9-13(12)19-2/h4-5,8-9,11,14,16H,3,6-7,10H2,1-2H3,(H,17,18). The van der Waals surface area contributed by atoms with E-state index in [1.807, 2.05) is 19.2 Å². The molecule has 1 fully saturated rings. The first-order valence-corrected chi connectivity index (χ1v) is 7.02. The number of ether oxygens (including phenoxy) is 2. The van der Waals surface area contributed by atoms with E-state index in [-0.39, 0.29) is 12.1 Å². The second-order valence-corrected chi connectivity index (χ2v) is 4.95. The molecule has 0 aliphatic heterocycles. The van der Waals surface area contributed by atoms with Crippen molar-refractivity contribution in [3.05, 3.63) is 24.3 Å². The molecule has 1 aromatic carbocycles. The van der Waals surface area contributed by atoms with E-state index in [0.29, 0.717) is 11.4 Å². The molecule has 0 radical (unpaired) electrons. The molecule has 5 nitrogen and oxygen atoms in total. The maximum atomic E-state index is 12.0. The molecule has 0 heterocycles. The SMILES string of the molecule is CNC1CCCCC1OC(=O)Nc1ccccc1OC. The van der Waals surface area contributed by atoms with Crippen LogP contribution in [0, 0.1) is 0 Å². The fourth-order valence-electron chi connectivity index (χ4n) is 2.59. The summed E-state index contributed by atoms with van der Waals surface area (Å²) in [5, 5.41) is 5.96. The van der Waals surface area contributed by atoms with E-state index in [2.05, 4.69) is 10.6 Å². The summed E-state index contributed by atoms with van der Waals surface area (Å²) in [6.07, 6.45) is 3.74. The molecule has 2 N–H and O–H groups in total. The summed E-state index contributed by atoms with van der Waals surface area (Å²) in [4.78, 5) is 12.0. The molecule has 110 valence electrons. The van der Waals surface area contributed by atoms with Crippen molar-refractivity contribution >= 4 is 11.8 Å². The molecule has 2 atom stereocenters. The number of hydrogen-bond acceptors (Lipinski definition) is 4. The van der Waals surface area contributed by atoms with Gasteiger partial charge in [0.2, 0.25) is 0 Å². The van der Waals surface area contributed by atoms with Crippen molar-refractivity contribution < 1.29 is 14.3 Å². The van der Waals surface area contributed by atoms with Crippen molar-refractivity contribution in [1.29, 1.82) is 0 Å². The molecule has 20 heavy (non-hydrogen) atoms. The quantitative estimate of drug-likeness (QED) is 0.889. The highest BCUT2D eigenvalue weighted by Gasteiger charge is 2.27. The zero-order valence-corrected chi connectivity index (χ0v) is 12.0. The second kappa shape index (κ2) is 7.14. The molecule has 1 aliphatic carbocycles. The number of hydrogen-bond donors (Lipinski definition) is 2. The summed E-state index contributed by atoms with van der Waals surface area (Å²) in [5.74, 6) is 0.623. The van der Waals surface area contributed by atoms with E-state index in [1.54, 1.807) is 19.2 Å². The van der Waals surface area contributed by atoms with E-state index in [0.717, 1.165) is 19.3 Å². The first kappa shape index (κ1) is 14.7. The number of benzene rings is 1. The molecule has 0 saturated heterocycles. The van der Waals surface area contributed by atoms with Gasteiger partial charge in [0.15, 0.2) is 0 Å². The summed E-state index contributed by atoms with van der Waals surface area (Å²) in [6, 6.07) is 7.53. The third kappa shape index (κ3) is 3.63. The number of para-hydroxylation sites is 2. The van der Waals surface area contributed by atoms with Gasteiger partial charge in [-0.2, -0.15) is 0 Å². The lowest BCUT2D eigenvalue weighted by Gasteiger charge is -2.30. The van der Waals surface area contributed by atoms with Crippen LogP contribution in [0.4, 0.5) is 10.5 Å². The van der Waals surface area contributed by atoms with Crippen LogP contribution >= 0.6 is 0 Å². The second-order valence-electron chi connectivity index (χ2n) is 4.95. The Kier molecular flexibility index (Phi) is 5.24. The normalized spacial score (nSPS) is 22.1. The van der Waals surface area contributed by atoms with Gasteiger partial charge in [0.25, 0.3) is 0 Å². The Morgan fingerprint density at radius 2 is 2.00 bits per heavy atom. The Morgan fingerprint density at radius 3 is 2.75 bits per heavy atom. The van der Waals surface area contributed by atoms with Crippen molar-refractivity contribution in [2.45, 2.75) is 37.8 Å². The molecule has 1 aliphatic rings. The third-order valence-corrected chi connectivity index (χ3v) is 3.68. The van der Waals surface area contributed by atoms with Gasteiger partial charge in [-0.3, -0.25) is 5.32 Å². The predicted octanol–water partition coefficient (Wildman–Crippen LogP) is 2.77. The predicted molar refractivity (Wildman–Crippen MR) is 78.2 cm³/mol. The maximum absolute atomic E-state index is 12.0. The Labute approximate surface area is 119 Å². The topological polar surface area (TPSA) is 59.6 Å². The lowest BCUT2D eigenvalue weighted by Crippen LogP contribution is -2.43. The summed E-state index contributed by atoms with van der Waals surface area (Å²) in [7, 11) is 3.48. The first-order valence-electron chi connectivity index (χ1n) is 7.02. The van der Waals surface area contributed by atoms with Gasteiger partial charge in [0.05, 0.1) is 12.8 Å². The van der Waals surface area contributed by atoms with Crippen LogP contribution in [0.5, 0.6) is 5.75 Å². The van der Waals surface area contributed by atoms with Crippen LogP contribution in [0.3, 0.4) is 0 Å². The minimum absolute atomic E-state index is 0.0662. The monoisotopic (exact) mass is 278 g/mol. The number of rotatable bonds is 4. The lowest BCUT2D eigenvalue weighted by atomic mass is 9.92. The highest BCUT2D eigenvalue weighted by molar-refractivity contribution is 5.86. The van der Waals surface area contributed by atoms with E-state index in [9.17, 15) is 4.79 Å². The zero-order chi connectivity index (χ0) is 14.4. The van der Waals surface area contributed by atoms with Gasteiger partial charge >= 0.3 is 6.09 Å². The van der Waals surface area contributed by atoms with Crippen molar-refractivity contribution in [3.63, 3.8) is 0 Å². The van der Waals surface area contributed by atoms with Crippen molar-refractivity contribution in [2.75, 3.05) is 19.5 Å². The molecular weight excluding hydrogens is 256 g/mol. The Morgan fingerprint density at radius 1 is 1.25 bits per heavy atom. The fourth-order valence-corrected chi connectivity index (χ4v) is 2.59. The number of anilines is 1. The third-order valence-electron chi connectivity index (χ3n) is 3.68. The van der Waals surface area contributed by atoms with Crippen LogP contribution in [0.15, 0.2) is 24.3 Å². The average Bonchev–Trinajstić information content (AvgIpc) is 2.48. The van der Waals surface area contributed by atoms with Crippen LogP contribution in [-0.2, 0) is 4.74 Å². The number of carbonyl (C=O) groups excluding carboxylic acids is 1. The van der Waals surface area contributed by atoms with Crippen molar-refractivity contribution in [3.8, 4) is 5.75 Å². The van der Waals surface area contributed by atoms with Crippen molar-refractivity contribution in [1.82, 2.24) is 5.32 Å². The van der Waals surface area contributed by atoms with Crippen LogP contribution in [0.1, 0.15) is 25.7 Å². The smallest absolute Gasteiger partial charge is 0.412 e. The van der Waals surface area contributed by atoms with Crippen LogP contribution in [0.25, 0.3) is 0 Å².